The molecule has 0 radical (unpaired) electrons. The number of aliphatic carboxylic acids is 1. The lowest BCUT2D eigenvalue weighted by Crippen LogP contribution is -2.36. The number of carbonyl (C=O) groups is 3. The first-order valence-electron chi connectivity index (χ1n) is 10.0. The van der Waals surface area contributed by atoms with Gasteiger partial charge >= 0.3 is 11.9 Å². The smallest absolute Gasteiger partial charge is 0.341 e. The topological polar surface area (TPSA) is 92.7 Å². The zero-order valence-electron chi connectivity index (χ0n) is 15.9. The normalized spacial score (nSPS) is 27.5. The Balaban J connectivity index is 1.61. The maximum absolute atomic E-state index is 13.1. The number of ether oxygens (including phenoxy) is 1. The molecule has 0 unspecified atom stereocenters. The number of fused-ring (bicyclic) bond motifs is 3. The van der Waals surface area contributed by atoms with Gasteiger partial charge in [0.25, 0.3) is 0 Å². The first-order valence-corrected chi connectivity index (χ1v) is 10.9. The third kappa shape index (κ3) is 3.26. The van der Waals surface area contributed by atoms with Crippen LogP contribution in [-0.4, -0.2) is 29.6 Å². The largest absolute Gasteiger partial charge is 0.481 e. The van der Waals surface area contributed by atoms with Crippen molar-refractivity contribution in [2.45, 2.75) is 45.4 Å². The zero-order chi connectivity index (χ0) is 19.8. The van der Waals surface area contributed by atoms with Crippen LogP contribution in [0.3, 0.4) is 0 Å². The van der Waals surface area contributed by atoms with Crippen LogP contribution in [0.1, 0.15) is 53.4 Å². The molecule has 2 N–H and O–H groups in total. The molecule has 28 heavy (non-hydrogen) atoms. The van der Waals surface area contributed by atoms with Crippen LogP contribution in [0.5, 0.6) is 0 Å². The zero-order valence-corrected chi connectivity index (χ0v) is 16.7. The van der Waals surface area contributed by atoms with Crippen molar-refractivity contribution in [1.29, 1.82) is 0 Å². The number of carboxylic acids is 1. The monoisotopic (exact) mass is 403 g/mol. The molecule has 4 rings (SSSR count). The van der Waals surface area contributed by atoms with Crippen molar-refractivity contribution >= 4 is 34.2 Å². The van der Waals surface area contributed by atoms with Crippen LogP contribution in [0.15, 0.2) is 12.2 Å². The van der Waals surface area contributed by atoms with Gasteiger partial charge in [-0.15, -0.1) is 11.3 Å². The van der Waals surface area contributed by atoms with Crippen LogP contribution >= 0.6 is 11.3 Å². The van der Waals surface area contributed by atoms with E-state index in [1.807, 2.05) is 19.1 Å². The van der Waals surface area contributed by atoms with E-state index in [4.69, 9.17) is 4.74 Å². The number of nitrogens with one attached hydrogen (secondary N) is 1. The Morgan fingerprint density at radius 1 is 1.18 bits per heavy atom. The molecule has 0 spiro atoms. The molecular formula is C21H25NO5S. The van der Waals surface area contributed by atoms with Crippen LogP contribution in [0.4, 0.5) is 5.00 Å². The van der Waals surface area contributed by atoms with E-state index in [9.17, 15) is 19.5 Å². The summed E-state index contributed by atoms with van der Waals surface area (Å²) in [5.74, 6) is -3.03. The summed E-state index contributed by atoms with van der Waals surface area (Å²) in [6.45, 7) is 2.28. The second-order valence-corrected chi connectivity index (χ2v) is 8.98. The molecule has 1 fully saturated rings. The van der Waals surface area contributed by atoms with Crippen LogP contribution in [-0.2, 0) is 27.2 Å². The van der Waals surface area contributed by atoms with Gasteiger partial charge in [0, 0.05) is 4.88 Å². The van der Waals surface area contributed by atoms with E-state index in [2.05, 4.69) is 5.32 Å². The quantitative estimate of drug-likeness (QED) is 0.559. The Hall–Kier alpha value is -2.15. The van der Waals surface area contributed by atoms with Crippen molar-refractivity contribution in [3.63, 3.8) is 0 Å². The average Bonchev–Trinajstić information content (AvgIpc) is 3.37. The predicted octanol–water partition coefficient (Wildman–Crippen LogP) is 3.66. The number of carboxylic acid groups (broad SMARTS) is 1. The van der Waals surface area contributed by atoms with E-state index in [-0.39, 0.29) is 23.7 Å². The number of hydrogen-bond donors (Lipinski definition) is 2. The van der Waals surface area contributed by atoms with Gasteiger partial charge in [-0.1, -0.05) is 19.1 Å². The van der Waals surface area contributed by atoms with Crippen LogP contribution in [0, 0.1) is 23.7 Å². The van der Waals surface area contributed by atoms with Crippen molar-refractivity contribution in [2.75, 3.05) is 11.9 Å². The fourth-order valence-corrected chi connectivity index (χ4v) is 6.13. The van der Waals surface area contributed by atoms with Crippen LogP contribution in [0.2, 0.25) is 0 Å². The highest BCUT2D eigenvalue weighted by molar-refractivity contribution is 7.17. The molecule has 3 aliphatic rings. The van der Waals surface area contributed by atoms with Crippen molar-refractivity contribution in [3.8, 4) is 0 Å². The minimum Gasteiger partial charge on any atom is -0.481 e. The van der Waals surface area contributed by atoms with Crippen LogP contribution < -0.4 is 5.32 Å². The summed E-state index contributed by atoms with van der Waals surface area (Å²) in [5.41, 5.74) is 1.47. The van der Waals surface area contributed by atoms with Gasteiger partial charge in [-0.3, -0.25) is 9.59 Å². The summed E-state index contributed by atoms with van der Waals surface area (Å²) < 4.78 is 5.37. The minimum atomic E-state index is -0.926. The maximum atomic E-state index is 13.1. The highest BCUT2D eigenvalue weighted by atomic mass is 32.1. The summed E-state index contributed by atoms with van der Waals surface area (Å²) in [6.07, 6.45) is 9.13. The number of thiophene rings is 1. The van der Waals surface area contributed by atoms with Crippen molar-refractivity contribution in [1.82, 2.24) is 0 Å². The van der Waals surface area contributed by atoms with Gasteiger partial charge in [0.05, 0.1) is 24.0 Å². The lowest BCUT2D eigenvalue weighted by molar-refractivity contribution is -0.146. The van der Waals surface area contributed by atoms with Gasteiger partial charge in [-0.2, -0.15) is 0 Å². The van der Waals surface area contributed by atoms with E-state index in [0.717, 1.165) is 42.5 Å². The molecule has 0 aromatic carbocycles. The molecule has 1 heterocycles. The highest BCUT2D eigenvalue weighted by Crippen LogP contribution is 2.49. The van der Waals surface area contributed by atoms with Crippen molar-refractivity contribution in [3.05, 3.63) is 28.2 Å². The predicted molar refractivity (Wildman–Crippen MR) is 106 cm³/mol. The summed E-state index contributed by atoms with van der Waals surface area (Å²) >= 11 is 1.44. The van der Waals surface area contributed by atoms with Gasteiger partial charge in [0.15, 0.2) is 0 Å². The van der Waals surface area contributed by atoms with E-state index in [1.54, 1.807) is 0 Å². The van der Waals surface area contributed by atoms with E-state index >= 15 is 0 Å². The number of anilines is 1. The molecule has 0 aliphatic heterocycles. The number of amides is 1. The maximum Gasteiger partial charge on any atom is 0.341 e. The molecule has 2 bridgehead atoms. The molecular weight excluding hydrogens is 378 g/mol. The second-order valence-electron chi connectivity index (χ2n) is 7.88. The number of aryl methyl sites for hydroxylation is 1. The molecule has 1 amide bonds. The minimum absolute atomic E-state index is 0.0452. The highest BCUT2D eigenvalue weighted by Gasteiger charge is 2.51. The molecule has 1 aromatic heterocycles. The molecule has 150 valence electrons. The summed E-state index contributed by atoms with van der Waals surface area (Å²) in [5, 5.41) is 13.0. The van der Waals surface area contributed by atoms with Gasteiger partial charge in [0.1, 0.15) is 5.00 Å². The first kappa shape index (κ1) is 19.2. The van der Waals surface area contributed by atoms with Gasteiger partial charge in [-0.05, 0) is 55.9 Å². The molecule has 3 aliphatic carbocycles. The Morgan fingerprint density at radius 2 is 1.89 bits per heavy atom. The van der Waals surface area contributed by atoms with E-state index < -0.39 is 17.8 Å². The number of carbonyl (C=O) groups excluding carboxylic acids is 2. The number of esters is 1. The Labute approximate surface area is 168 Å². The molecule has 7 heteroatoms. The fraction of sp³-hybridized carbons (Fsp3) is 0.571. The molecule has 0 saturated heterocycles. The molecule has 6 nitrogen and oxygen atoms in total. The molecule has 1 saturated carbocycles. The van der Waals surface area contributed by atoms with E-state index in [0.29, 0.717) is 23.6 Å². The van der Waals surface area contributed by atoms with Gasteiger partial charge in [-0.25, -0.2) is 4.79 Å². The van der Waals surface area contributed by atoms with Crippen molar-refractivity contribution in [2.24, 2.45) is 23.7 Å². The van der Waals surface area contributed by atoms with Crippen LogP contribution in [0.25, 0.3) is 0 Å². The number of allylic oxidation sites excluding steroid dienone is 2. The van der Waals surface area contributed by atoms with Crippen molar-refractivity contribution < 1.29 is 24.2 Å². The standard InChI is InChI=1S/C21H25NO5S/c1-2-9-27-21(26)17-13-5-3-4-6-14(13)28-19(17)22-18(23)15-11-7-8-12(10-11)16(15)20(24)25/h7-8,11-12,15-16H,2-6,9-10H2,1H3,(H,22,23)(H,24,25)/t11-,12+,15-,16+/m1/s1. The first-order chi connectivity index (χ1) is 13.5. The lowest BCUT2D eigenvalue weighted by Gasteiger charge is -2.23. The third-order valence-corrected chi connectivity index (χ3v) is 7.30. The molecule has 1 aromatic rings. The lowest BCUT2D eigenvalue weighted by atomic mass is 9.82. The Bertz CT molecular complexity index is 842. The SMILES string of the molecule is CCCOC(=O)c1c(NC(=O)[C@H]2[C@@H](C(=O)O)[C@H]3C=C[C@@H]2C3)sc2c1CCCC2. The van der Waals surface area contributed by atoms with Gasteiger partial charge in [0.2, 0.25) is 5.91 Å². The Kier molecular flexibility index (Phi) is 5.27. The average molecular weight is 404 g/mol. The summed E-state index contributed by atoms with van der Waals surface area (Å²) in [4.78, 5) is 38.6. The third-order valence-electron chi connectivity index (χ3n) is 6.10. The fourth-order valence-electron chi connectivity index (χ4n) is 4.85. The number of hydrogen-bond acceptors (Lipinski definition) is 5. The second kappa shape index (κ2) is 7.70. The summed E-state index contributed by atoms with van der Waals surface area (Å²) in [6, 6.07) is 0. The van der Waals surface area contributed by atoms with Gasteiger partial charge < -0.3 is 15.2 Å². The summed E-state index contributed by atoms with van der Waals surface area (Å²) in [7, 11) is 0. The molecule has 4 atom stereocenters. The number of rotatable bonds is 6. The Morgan fingerprint density at radius 3 is 2.61 bits per heavy atom. The van der Waals surface area contributed by atoms with E-state index in [1.165, 1.54) is 11.3 Å².